The van der Waals surface area contributed by atoms with Gasteiger partial charge < -0.3 is 20.3 Å². The van der Waals surface area contributed by atoms with Gasteiger partial charge >= 0.3 is 0 Å². The van der Waals surface area contributed by atoms with Crippen molar-refractivity contribution in [3.05, 3.63) is 24.3 Å². The number of fused-ring (bicyclic) bond motifs is 1. The van der Waals surface area contributed by atoms with E-state index >= 15 is 0 Å². The van der Waals surface area contributed by atoms with Crippen LogP contribution >= 0.6 is 0 Å². The number of carbonyl (C=O) groups is 2. The molecule has 0 radical (unpaired) electrons. The normalized spacial score (nSPS) is 22.5. The van der Waals surface area contributed by atoms with Gasteiger partial charge in [0.1, 0.15) is 5.75 Å². The quantitative estimate of drug-likeness (QED) is 0.844. The van der Waals surface area contributed by atoms with Gasteiger partial charge in [0.15, 0.2) is 6.10 Å². The van der Waals surface area contributed by atoms with Gasteiger partial charge in [-0.1, -0.05) is 26.0 Å². The summed E-state index contributed by atoms with van der Waals surface area (Å²) in [6, 6.07) is 7.61. The van der Waals surface area contributed by atoms with E-state index in [0.717, 1.165) is 37.9 Å². The Morgan fingerprint density at radius 2 is 2.08 bits per heavy atom. The van der Waals surface area contributed by atoms with E-state index in [1.807, 2.05) is 24.3 Å². The number of nitrogens with one attached hydrogen (secondary N) is 2. The molecule has 3 rings (SSSR count). The van der Waals surface area contributed by atoms with E-state index in [4.69, 9.17) is 4.74 Å². The van der Waals surface area contributed by atoms with Crippen molar-refractivity contribution in [2.75, 3.05) is 24.5 Å². The molecule has 6 heteroatoms. The molecule has 2 amide bonds. The molecule has 2 N–H and O–H groups in total. The predicted octanol–water partition coefficient (Wildman–Crippen LogP) is 2.08. The highest BCUT2D eigenvalue weighted by molar-refractivity contribution is 5.98. The molecule has 2 unspecified atom stereocenters. The van der Waals surface area contributed by atoms with Crippen LogP contribution in [0.3, 0.4) is 0 Å². The van der Waals surface area contributed by atoms with Crippen molar-refractivity contribution in [3.63, 3.8) is 0 Å². The predicted molar refractivity (Wildman–Crippen MR) is 101 cm³/mol. The summed E-state index contributed by atoms with van der Waals surface area (Å²) in [5.74, 6) is 0.485. The number of nitrogens with zero attached hydrogens (tertiary/aromatic N) is 1. The van der Waals surface area contributed by atoms with E-state index in [-0.39, 0.29) is 30.3 Å². The molecule has 2 heterocycles. The Morgan fingerprint density at radius 3 is 2.77 bits per heavy atom. The van der Waals surface area contributed by atoms with Crippen molar-refractivity contribution in [2.45, 2.75) is 51.7 Å². The van der Waals surface area contributed by atoms with E-state index in [0.29, 0.717) is 12.3 Å². The second-order valence-corrected chi connectivity index (χ2v) is 7.09. The molecular formula is C20H29N3O3. The highest BCUT2D eigenvalue weighted by Crippen LogP contribution is 2.34. The molecule has 0 spiro atoms. The maximum Gasteiger partial charge on any atom is 0.263 e. The second kappa shape index (κ2) is 8.54. The third-order valence-electron chi connectivity index (χ3n) is 5.31. The second-order valence-electron chi connectivity index (χ2n) is 7.09. The molecular weight excluding hydrogens is 330 g/mol. The summed E-state index contributed by atoms with van der Waals surface area (Å²) in [5, 5.41) is 6.34. The Labute approximate surface area is 155 Å². The minimum Gasteiger partial charge on any atom is -0.477 e. The topological polar surface area (TPSA) is 70.7 Å². The van der Waals surface area contributed by atoms with Gasteiger partial charge in [-0.2, -0.15) is 0 Å². The van der Waals surface area contributed by atoms with Gasteiger partial charge in [0, 0.05) is 12.6 Å². The average molecular weight is 359 g/mol. The van der Waals surface area contributed by atoms with Crippen LogP contribution < -0.4 is 20.3 Å². The number of anilines is 1. The lowest BCUT2D eigenvalue weighted by molar-refractivity contribution is -0.129. The Morgan fingerprint density at radius 1 is 1.31 bits per heavy atom. The summed E-state index contributed by atoms with van der Waals surface area (Å²) >= 11 is 0. The first-order valence-electron chi connectivity index (χ1n) is 9.72. The van der Waals surface area contributed by atoms with E-state index in [9.17, 15) is 9.59 Å². The molecule has 0 aliphatic carbocycles. The Hall–Kier alpha value is -2.08. The Bertz CT molecular complexity index is 639. The summed E-state index contributed by atoms with van der Waals surface area (Å²) in [4.78, 5) is 27.6. The molecule has 0 bridgehead atoms. The number of piperidine rings is 1. The van der Waals surface area contributed by atoms with Crippen molar-refractivity contribution in [3.8, 4) is 5.75 Å². The number of hydrogen-bond acceptors (Lipinski definition) is 4. The molecule has 1 aromatic carbocycles. The molecule has 6 nitrogen and oxygen atoms in total. The number of hydrogen-bond donors (Lipinski definition) is 2. The molecule has 1 fully saturated rings. The highest BCUT2D eigenvalue weighted by Gasteiger charge is 2.36. The summed E-state index contributed by atoms with van der Waals surface area (Å²) in [5.41, 5.74) is 0.759. The van der Waals surface area contributed by atoms with E-state index in [1.54, 1.807) is 4.90 Å². The van der Waals surface area contributed by atoms with Crippen LogP contribution in [0.25, 0.3) is 0 Å². The molecule has 1 saturated heterocycles. The van der Waals surface area contributed by atoms with Crippen molar-refractivity contribution < 1.29 is 14.3 Å². The number of rotatable bonds is 5. The summed E-state index contributed by atoms with van der Waals surface area (Å²) < 4.78 is 5.93. The minimum atomic E-state index is -0.675. The standard InChI is InChI=1S/C20H29N3O3/c1-3-15(4-2)22-19(24)18-13-23(16-9-5-6-10-17(16)26-18)20(25)14-8-7-11-21-12-14/h5-6,9-10,14-15,18,21H,3-4,7-8,11-13H2,1-2H3,(H,22,24). The van der Waals surface area contributed by atoms with Crippen LogP contribution in [0, 0.1) is 5.92 Å². The first kappa shape index (κ1) is 18.7. The van der Waals surface area contributed by atoms with Gasteiger partial charge in [0.2, 0.25) is 5.91 Å². The van der Waals surface area contributed by atoms with Gasteiger partial charge in [-0.3, -0.25) is 9.59 Å². The molecule has 142 valence electrons. The van der Waals surface area contributed by atoms with Crippen molar-refractivity contribution in [1.82, 2.24) is 10.6 Å². The van der Waals surface area contributed by atoms with Crippen molar-refractivity contribution in [2.24, 2.45) is 5.92 Å². The fourth-order valence-corrected chi connectivity index (χ4v) is 3.65. The lowest BCUT2D eigenvalue weighted by Crippen LogP contribution is -2.54. The molecule has 2 aliphatic rings. The van der Waals surface area contributed by atoms with Crippen molar-refractivity contribution in [1.29, 1.82) is 0 Å². The Balaban J connectivity index is 1.79. The zero-order valence-electron chi connectivity index (χ0n) is 15.7. The number of carbonyl (C=O) groups excluding carboxylic acids is 2. The van der Waals surface area contributed by atoms with Crippen LogP contribution in [0.2, 0.25) is 0 Å². The molecule has 2 aliphatic heterocycles. The average Bonchev–Trinajstić information content (AvgIpc) is 2.71. The maximum absolute atomic E-state index is 13.1. The first-order valence-corrected chi connectivity index (χ1v) is 9.72. The van der Waals surface area contributed by atoms with Gasteiger partial charge in [-0.05, 0) is 44.4 Å². The molecule has 26 heavy (non-hydrogen) atoms. The zero-order valence-corrected chi connectivity index (χ0v) is 15.7. The van der Waals surface area contributed by atoms with E-state index in [1.165, 1.54) is 0 Å². The number of benzene rings is 1. The number of para-hydroxylation sites is 2. The van der Waals surface area contributed by atoms with E-state index in [2.05, 4.69) is 24.5 Å². The monoisotopic (exact) mass is 359 g/mol. The zero-order chi connectivity index (χ0) is 18.5. The minimum absolute atomic E-state index is 0.0438. The third-order valence-corrected chi connectivity index (χ3v) is 5.31. The third kappa shape index (κ3) is 4.01. The van der Waals surface area contributed by atoms with Crippen LogP contribution in [0.1, 0.15) is 39.5 Å². The smallest absolute Gasteiger partial charge is 0.263 e. The summed E-state index contributed by atoms with van der Waals surface area (Å²) in [7, 11) is 0. The van der Waals surface area contributed by atoms with Crippen LogP contribution in [-0.2, 0) is 9.59 Å². The number of amides is 2. The molecule has 1 aromatic rings. The van der Waals surface area contributed by atoms with E-state index < -0.39 is 6.10 Å². The van der Waals surface area contributed by atoms with Gasteiger partial charge in [0.25, 0.3) is 5.91 Å². The van der Waals surface area contributed by atoms with Crippen molar-refractivity contribution >= 4 is 17.5 Å². The maximum atomic E-state index is 13.1. The SMILES string of the molecule is CCC(CC)NC(=O)C1CN(C(=O)C2CCCNC2)c2ccccc2O1. The van der Waals surface area contributed by atoms with Gasteiger partial charge in [0.05, 0.1) is 18.2 Å². The lowest BCUT2D eigenvalue weighted by atomic mass is 9.97. The fraction of sp³-hybridized carbons (Fsp3) is 0.600. The summed E-state index contributed by atoms with van der Waals surface area (Å²) in [6.45, 7) is 6.03. The Kier molecular flexibility index (Phi) is 6.14. The van der Waals surface area contributed by atoms with Gasteiger partial charge in [-0.25, -0.2) is 0 Å². The van der Waals surface area contributed by atoms with Crippen LogP contribution in [0.5, 0.6) is 5.75 Å². The largest absolute Gasteiger partial charge is 0.477 e. The molecule has 0 aromatic heterocycles. The molecule has 0 saturated carbocycles. The summed E-state index contributed by atoms with van der Waals surface area (Å²) in [6.07, 6.45) is 2.96. The highest BCUT2D eigenvalue weighted by atomic mass is 16.5. The first-order chi connectivity index (χ1) is 12.6. The van der Waals surface area contributed by atoms with Crippen LogP contribution in [-0.4, -0.2) is 43.6 Å². The number of ether oxygens (including phenoxy) is 1. The molecule has 2 atom stereocenters. The lowest BCUT2D eigenvalue weighted by Gasteiger charge is -2.37. The van der Waals surface area contributed by atoms with Gasteiger partial charge in [-0.15, -0.1) is 0 Å². The fourth-order valence-electron chi connectivity index (χ4n) is 3.65. The van der Waals surface area contributed by atoms with Crippen LogP contribution in [0.4, 0.5) is 5.69 Å². The van der Waals surface area contributed by atoms with Crippen LogP contribution in [0.15, 0.2) is 24.3 Å².